The lowest BCUT2D eigenvalue weighted by Crippen LogP contribution is -2.13. The van der Waals surface area contributed by atoms with E-state index in [1.54, 1.807) is 50.2 Å². The minimum Gasteiger partial charge on any atom is -0.457 e. The first-order valence-electron chi connectivity index (χ1n) is 8.40. The van der Waals surface area contributed by atoms with Gasteiger partial charge in [0.15, 0.2) is 5.78 Å². The summed E-state index contributed by atoms with van der Waals surface area (Å²) in [6.07, 6.45) is 0. The van der Waals surface area contributed by atoms with Gasteiger partial charge in [-0.05, 0) is 62.7 Å². The molecule has 0 spiro atoms. The number of aryl methyl sites for hydroxylation is 1. The first kappa shape index (κ1) is 18.4. The third kappa shape index (κ3) is 4.06. The molecule has 6 heteroatoms. The molecule has 0 saturated heterocycles. The predicted molar refractivity (Wildman–Crippen MR) is 101 cm³/mol. The van der Waals surface area contributed by atoms with Crippen LogP contribution in [0.3, 0.4) is 0 Å². The van der Waals surface area contributed by atoms with E-state index in [0.29, 0.717) is 39.7 Å². The van der Waals surface area contributed by atoms with Gasteiger partial charge in [-0.15, -0.1) is 0 Å². The number of ether oxygens (including phenoxy) is 1. The van der Waals surface area contributed by atoms with Gasteiger partial charge in [-0.1, -0.05) is 6.07 Å². The lowest BCUT2D eigenvalue weighted by Gasteiger charge is -2.08. The maximum atomic E-state index is 13.2. The van der Waals surface area contributed by atoms with Crippen molar-refractivity contribution in [2.24, 2.45) is 0 Å². The topological polar surface area (TPSA) is 71.2 Å². The van der Waals surface area contributed by atoms with Crippen molar-refractivity contribution in [3.8, 4) is 11.5 Å². The Morgan fingerprint density at radius 1 is 1.04 bits per heavy atom. The maximum absolute atomic E-state index is 13.2. The van der Waals surface area contributed by atoms with E-state index in [4.69, 9.17) is 4.74 Å². The van der Waals surface area contributed by atoms with Crippen molar-refractivity contribution in [3.63, 3.8) is 0 Å². The molecule has 0 fully saturated rings. The Bertz CT molecular complexity index is 1010. The quantitative estimate of drug-likeness (QED) is 0.623. The van der Waals surface area contributed by atoms with E-state index < -0.39 is 0 Å². The average molecular weight is 366 g/mol. The van der Waals surface area contributed by atoms with Crippen molar-refractivity contribution in [2.45, 2.75) is 20.8 Å². The third-order valence-corrected chi connectivity index (χ3v) is 4.16. The minimum absolute atomic E-state index is 0.0841. The third-order valence-electron chi connectivity index (χ3n) is 4.16. The Morgan fingerprint density at radius 2 is 1.74 bits per heavy atom. The molecular weight excluding hydrogens is 347 g/mol. The van der Waals surface area contributed by atoms with Crippen LogP contribution in [0.5, 0.6) is 11.5 Å². The summed E-state index contributed by atoms with van der Waals surface area (Å²) in [5.74, 6) is 0.115. The normalized spacial score (nSPS) is 10.5. The van der Waals surface area contributed by atoms with Crippen LogP contribution in [0.2, 0.25) is 0 Å². The Kier molecular flexibility index (Phi) is 5.07. The highest BCUT2D eigenvalue weighted by Crippen LogP contribution is 2.24. The van der Waals surface area contributed by atoms with Crippen LogP contribution in [-0.2, 0) is 0 Å². The van der Waals surface area contributed by atoms with Gasteiger partial charge in [0.2, 0.25) is 0 Å². The molecule has 2 aromatic carbocycles. The number of rotatable bonds is 5. The van der Waals surface area contributed by atoms with E-state index in [0.717, 1.165) is 0 Å². The van der Waals surface area contributed by atoms with E-state index >= 15 is 0 Å². The van der Waals surface area contributed by atoms with Gasteiger partial charge < -0.3 is 15.0 Å². The highest BCUT2D eigenvalue weighted by atomic mass is 19.1. The Labute approximate surface area is 156 Å². The zero-order valence-corrected chi connectivity index (χ0v) is 15.2. The molecular formula is C21H19FN2O3. The number of Topliss-reactive ketones (excluding diaryl/α,β-unsaturated/α-hetero) is 1. The molecule has 0 aliphatic rings. The molecule has 27 heavy (non-hydrogen) atoms. The number of aromatic nitrogens is 1. The minimum atomic E-state index is -0.377. The number of anilines is 1. The largest absolute Gasteiger partial charge is 0.457 e. The van der Waals surface area contributed by atoms with Gasteiger partial charge in [-0.25, -0.2) is 4.39 Å². The summed E-state index contributed by atoms with van der Waals surface area (Å²) >= 11 is 0. The summed E-state index contributed by atoms with van der Waals surface area (Å²) in [5.41, 5.74) is 2.77. The first-order valence-corrected chi connectivity index (χ1v) is 8.40. The van der Waals surface area contributed by atoms with Crippen LogP contribution in [0.1, 0.15) is 39.0 Å². The van der Waals surface area contributed by atoms with Crippen LogP contribution in [0.4, 0.5) is 10.1 Å². The van der Waals surface area contributed by atoms with Crippen LogP contribution in [-0.4, -0.2) is 16.7 Å². The summed E-state index contributed by atoms with van der Waals surface area (Å²) in [4.78, 5) is 27.2. The number of nitrogens with one attached hydrogen (secondary N) is 2. The summed E-state index contributed by atoms with van der Waals surface area (Å²) < 4.78 is 18.8. The van der Waals surface area contributed by atoms with Gasteiger partial charge in [0.1, 0.15) is 23.0 Å². The van der Waals surface area contributed by atoms with Crippen LogP contribution in [0.25, 0.3) is 0 Å². The van der Waals surface area contributed by atoms with Gasteiger partial charge in [0.25, 0.3) is 5.91 Å². The number of aromatic amines is 1. The van der Waals surface area contributed by atoms with Gasteiger partial charge >= 0.3 is 0 Å². The second kappa shape index (κ2) is 7.45. The fraction of sp³-hybridized carbons (Fsp3) is 0.143. The van der Waals surface area contributed by atoms with Crippen LogP contribution in [0.15, 0.2) is 48.5 Å². The fourth-order valence-corrected chi connectivity index (χ4v) is 2.97. The molecule has 3 rings (SSSR count). The molecule has 0 saturated carbocycles. The summed E-state index contributed by atoms with van der Waals surface area (Å²) in [6.45, 7) is 4.98. The molecule has 0 unspecified atom stereocenters. The number of halogens is 1. The van der Waals surface area contributed by atoms with E-state index in [-0.39, 0.29) is 17.5 Å². The fourth-order valence-electron chi connectivity index (χ4n) is 2.97. The van der Waals surface area contributed by atoms with Crippen molar-refractivity contribution in [1.82, 2.24) is 4.98 Å². The second-order valence-electron chi connectivity index (χ2n) is 6.22. The molecule has 1 aromatic heterocycles. The van der Waals surface area contributed by atoms with E-state index in [2.05, 4.69) is 10.3 Å². The van der Waals surface area contributed by atoms with E-state index in [1.165, 1.54) is 19.1 Å². The monoisotopic (exact) mass is 366 g/mol. The number of hydrogen-bond acceptors (Lipinski definition) is 3. The summed E-state index contributed by atoms with van der Waals surface area (Å²) in [7, 11) is 0. The highest BCUT2D eigenvalue weighted by molar-refractivity contribution is 6.07. The molecule has 138 valence electrons. The van der Waals surface area contributed by atoms with Gasteiger partial charge in [0.05, 0.1) is 0 Å². The van der Waals surface area contributed by atoms with Crippen molar-refractivity contribution in [1.29, 1.82) is 0 Å². The van der Waals surface area contributed by atoms with Crippen LogP contribution < -0.4 is 10.1 Å². The van der Waals surface area contributed by atoms with Gasteiger partial charge in [-0.3, -0.25) is 9.59 Å². The van der Waals surface area contributed by atoms with Crippen LogP contribution >= 0.6 is 0 Å². The van der Waals surface area contributed by atoms with Crippen molar-refractivity contribution in [3.05, 3.63) is 76.9 Å². The number of carbonyl (C=O) groups excluding carboxylic acids is 2. The van der Waals surface area contributed by atoms with E-state index in [9.17, 15) is 14.0 Å². The number of ketones is 1. The Morgan fingerprint density at radius 3 is 2.33 bits per heavy atom. The molecule has 1 amide bonds. The first-order chi connectivity index (χ1) is 12.8. The Balaban J connectivity index is 1.72. The molecule has 0 radical (unpaired) electrons. The average Bonchev–Trinajstić information content (AvgIpc) is 2.91. The molecule has 0 aliphatic heterocycles. The van der Waals surface area contributed by atoms with Crippen LogP contribution in [0, 0.1) is 19.7 Å². The molecule has 3 aromatic rings. The zero-order valence-electron chi connectivity index (χ0n) is 15.2. The number of benzene rings is 2. The lowest BCUT2D eigenvalue weighted by molar-refractivity contribution is 0.101. The number of amides is 1. The maximum Gasteiger partial charge on any atom is 0.272 e. The molecule has 0 bridgehead atoms. The number of H-pyrrole nitrogens is 1. The number of hydrogen-bond donors (Lipinski definition) is 2. The summed E-state index contributed by atoms with van der Waals surface area (Å²) in [6, 6.07) is 12.6. The highest BCUT2D eigenvalue weighted by Gasteiger charge is 2.19. The SMILES string of the molecule is CC(=O)c1c(C)[nH]c(C(=O)Nc2ccc(Oc3cccc(F)c3)cc2)c1C. The molecule has 1 heterocycles. The van der Waals surface area contributed by atoms with Gasteiger partial charge in [-0.2, -0.15) is 0 Å². The zero-order chi connectivity index (χ0) is 19.6. The van der Waals surface area contributed by atoms with E-state index in [1.807, 2.05) is 0 Å². The Hall–Kier alpha value is -3.41. The molecule has 2 N–H and O–H groups in total. The van der Waals surface area contributed by atoms with Crippen molar-refractivity contribution < 1.29 is 18.7 Å². The second-order valence-corrected chi connectivity index (χ2v) is 6.22. The lowest BCUT2D eigenvalue weighted by atomic mass is 10.1. The molecule has 0 atom stereocenters. The molecule has 0 aliphatic carbocycles. The van der Waals surface area contributed by atoms with Crippen molar-refractivity contribution in [2.75, 3.05) is 5.32 Å². The molecule has 5 nitrogen and oxygen atoms in total. The summed E-state index contributed by atoms with van der Waals surface area (Å²) in [5, 5.41) is 2.78. The number of carbonyl (C=O) groups is 2. The smallest absolute Gasteiger partial charge is 0.272 e. The predicted octanol–water partition coefficient (Wildman–Crippen LogP) is 5.02. The van der Waals surface area contributed by atoms with Gasteiger partial charge in [0, 0.05) is 23.0 Å². The van der Waals surface area contributed by atoms with Crippen molar-refractivity contribution >= 4 is 17.4 Å². The standard InChI is InChI=1S/C21H19FN2O3/c1-12-19(14(3)25)13(2)23-20(12)21(26)24-16-7-9-17(10-8-16)27-18-6-4-5-15(22)11-18/h4-11,23H,1-3H3,(H,24,26).